The van der Waals surface area contributed by atoms with Crippen molar-refractivity contribution in [2.24, 2.45) is 5.73 Å². The molecule has 7 nitrogen and oxygen atoms in total. The summed E-state index contributed by atoms with van der Waals surface area (Å²) >= 11 is 6.34. The van der Waals surface area contributed by atoms with Crippen molar-refractivity contribution in [3.63, 3.8) is 0 Å². The summed E-state index contributed by atoms with van der Waals surface area (Å²) in [5.41, 5.74) is 8.36. The standard InChI is InChI=1S/C22H27ClN6O/c1-13(21(24)30)29(2)16-7-5-15(6-8-16)27-20-11-14(10-19(23)28-20)18-12-26-22-17(18)4-3-9-25-22/h3-4,9-13,15-16H,5-8H2,1-2H3,(H2,24,30)(H,25,26)(H,27,28)/t13-,15?,16?/m0/s1. The van der Waals surface area contributed by atoms with Gasteiger partial charge in [0, 0.05) is 35.4 Å². The van der Waals surface area contributed by atoms with Crippen molar-refractivity contribution in [3.8, 4) is 11.1 Å². The third-order valence-electron chi connectivity index (χ3n) is 6.20. The fourth-order valence-corrected chi connectivity index (χ4v) is 4.48. The summed E-state index contributed by atoms with van der Waals surface area (Å²) in [5.74, 6) is 0.499. The van der Waals surface area contributed by atoms with Crippen LogP contribution in [0.3, 0.4) is 0 Å². The molecule has 1 saturated carbocycles. The van der Waals surface area contributed by atoms with Crippen molar-refractivity contribution in [3.05, 3.63) is 41.8 Å². The number of carbonyl (C=O) groups is 1. The molecule has 0 aliphatic heterocycles. The molecule has 4 N–H and O–H groups in total. The second kappa shape index (κ2) is 8.62. The maximum absolute atomic E-state index is 11.5. The van der Waals surface area contributed by atoms with Crippen LogP contribution in [0.4, 0.5) is 5.82 Å². The van der Waals surface area contributed by atoms with E-state index in [0.29, 0.717) is 17.2 Å². The Hall–Kier alpha value is -2.64. The van der Waals surface area contributed by atoms with Gasteiger partial charge in [-0.05, 0) is 69.5 Å². The van der Waals surface area contributed by atoms with E-state index in [0.717, 1.165) is 53.7 Å². The molecule has 3 aromatic rings. The Morgan fingerprint density at radius 2 is 2.10 bits per heavy atom. The van der Waals surface area contributed by atoms with Crippen molar-refractivity contribution in [2.75, 3.05) is 12.4 Å². The van der Waals surface area contributed by atoms with Crippen LogP contribution < -0.4 is 11.1 Å². The average Bonchev–Trinajstić information content (AvgIpc) is 3.17. The van der Waals surface area contributed by atoms with Gasteiger partial charge < -0.3 is 16.0 Å². The molecule has 0 spiro atoms. The highest BCUT2D eigenvalue weighted by Crippen LogP contribution is 2.32. The Morgan fingerprint density at radius 1 is 1.33 bits per heavy atom. The maximum atomic E-state index is 11.5. The minimum Gasteiger partial charge on any atom is -0.368 e. The number of primary amides is 1. The van der Waals surface area contributed by atoms with Crippen molar-refractivity contribution >= 4 is 34.4 Å². The smallest absolute Gasteiger partial charge is 0.234 e. The van der Waals surface area contributed by atoms with Gasteiger partial charge in [-0.2, -0.15) is 0 Å². The van der Waals surface area contributed by atoms with Gasteiger partial charge in [0.1, 0.15) is 16.6 Å². The molecule has 0 unspecified atom stereocenters. The molecule has 0 aromatic carbocycles. The number of aromatic amines is 1. The molecule has 1 aliphatic carbocycles. The van der Waals surface area contributed by atoms with E-state index in [2.05, 4.69) is 25.2 Å². The summed E-state index contributed by atoms with van der Waals surface area (Å²) in [7, 11) is 1.98. The molecule has 1 amide bonds. The fourth-order valence-electron chi connectivity index (χ4n) is 4.27. The zero-order valence-electron chi connectivity index (χ0n) is 17.2. The molecule has 4 rings (SSSR count). The number of rotatable bonds is 6. The van der Waals surface area contributed by atoms with Crippen molar-refractivity contribution < 1.29 is 4.79 Å². The zero-order valence-corrected chi connectivity index (χ0v) is 18.0. The van der Waals surface area contributed by atoms with Crippen LogP contribution >= 0.6 is 11.6 Å². The largest absolute Gasteiger partial charge is 0.368 e. The van der Waals surface area contributed by atoms with Crippen LogP contribution in [0, 0.1) is 0 Å². The Labute approximate surface area is 181 Å². The average molecular weight is 427 g/mol. The molecular weight excluding hydrogens is 400 g/mol. The van der Waals surface area contributed by atoms with E-state index in [1.807, 2.05) is 44.4 Å². The first kappa shape index (κ1) is 20.6. The molecule has 8 heteroatoms. The summed E-state index contributed by atoms with van der Waals surface area (Å²) in [6.45, 7) is 1.87. The number of halogens is 1. The number of amides is 1. The summed E-state index contributed by atoms with van der Waals surface area (Å²) in [5, 5.41) is 5.06. The Balaban J connectivity index is 1.46. The van der Waals surface area contributed by atoms with E-state index in [9.17, 15) is 4.79 Å². The monoisotopic (exact) mass is 426 g/mol. The number of nitrogens with zero attached hydrogens (tertiary/aromatic N) is 3. The molecule has 0 saturated heterocycles. The Kier molecular flexibility index (Phi) is 5.92. The van der Waals surface area contributed by atoms with Gasteiger partial charge in [0.05, 0.1) is 6.04 Å². The number of fused-ring (bicyclic) bond motifs is 1. The van der Waals surface area contributed by atoms with Gasteiger partial charge in [-0.1, -0.05) is 11.6 Å². The van der Waals surface area contributed by atoms with Crippen LogP contribution in [0.5, 0.6) is 0 Å². The van der Waals surface area contributed by atoms with Gasteiger partial charge in [-0.25, -0.2) is 9.97 Å². The number of pyridine rings is 2. The topological polar surface area (TPSA) is 99.9 Å². The fraction of sp³-hybridized carbons (Fsp3) is 0.409. The van der Waals surface area contributed by atoms with Gasteiger partial charge >= 0.3 is 0 Å². The first-order valence-corrected chi connectivity index (χ1v) is 10.7. The minimum atomic E-state index is -0.277. The van der Waals surface area contributed by atoms with Crippen LogP contribution in [-0.4, -0.2) is 50.9 Å². The molecule has 1 atom stereocenters. The second-order valence-corrected chi connectivity index (χ2v) is 8.45. The minimum absolute atomic E-state index is 0.248. The molecular formula is C22H27ClN6O. The summed E-state index contributed by atoms with van der Waals surface area (Å²) in [4.78, 5) is 25.6. The lowest BCUT2D eigenvalue weighted by atomic mass is 9.89. The van der Waals surface area contributed by atoms with Crippen molar-refractivity contribution in [2.45, 2.75) is 50.7 Å². The van der Waals surface area contributed by atoms with Gasteiger partial charge in [-0.15, -0.1) is 0 Å². The number of nitrogens with two attached hydrogens (primary N) is 1. The number of likely N-dealkylation sites (N-methyl/N-ethyl adjacent to an activating group) is 1. The molecule has 1 fully saturated rings. The highest BCUT2D eigenvalue weighted by molar-refractivity contribution is 6.29. The molecule has 30 heavy (non-hydrogen) atoms. The van der Waals surface area contributed by atoms with E-state index < -0.39 is 0 Å². The summed E-state index contributed by atoms with van der Waals surface area (Å²) in [6, 6.07) is 8.32. The highest BCUT2D eigenvalue weighted by Gasteiger charge is 2.28. The highest BCUT2D eigenvalue weighted by atomic mass is 35.5. The van der Waals surface area contributed by atoms with Crippen LogP contribution in [0.1, 0.15) is 32.6 Å². The van der Waals surface area contributed by atoms with E-state index in [1.165, 1.54) is 0 Å². The third kappa shape index (κ3) is 4.27. The maximum Gasteiger partial charge on any atom is 0.234 e. The summed E-state index contributed by atoms with van der Waals surface area (Å²) in [6.07, 6.45) is 7.74. The number of aromatic nitrogens is 3. The molecule has 3 aromatic heterocycles. The molecule has 1 aliphatic rings. The lowest BCUT2D eigenvalue weighted by Gasteiger charge is -2.37. The number of nitrogens with one attached hydrogen (secondary N) is 2. The lowest BCUT2D eigenvalue weighted by Crippen LogP contribution is -2.47. The number of H-pyrrole nitrogens is 1. The van der Waals surface area contributed by atoms with Crippen LogP contribution in [0.15, 0.2) is 36.7 Å². The molecule has 0 radical (unpaired) electrons. The van der Waals surface area contributed by atoms with E-state index >= 15 is 0 Å². The molecule has 3 heterocycles. The SMILES string of the molecule is C[C@@H](C(N)=O)N(C)C1CCC(Nc2cc(-c3c[nH]c4ncccc34)cc(Cl)n2)CC1. The molecule has 0 bridgehead atoms. The number of hydrogen-bond donors (Lipinski definition) is 3. The van der Waals surface area contributed by atoms with Crippen LogP contribution in [0.25, 0.3) is 22.2 Å². The van der Waals surface area contributed by atoms with E-state index in [4.69, 9.17) is 17.3 Å². The van der Waals surface area contributed by atoms with Gasteiger partial charge in [0.25, 0.3) is 0 Å². The van der Waals surface area contributed by atoms with E-state index in [-0.39, 0.29) is 11.9 Å². The van der Waals surface area contributed by atoms with E-state index in [1.54, 1.807) is 6.20 Å². The van der Waals surface area contributed by atoms with Crippen LogP contribution in [-0.2, 0) is 4.79 Å². The number of anilines is 1. The first-order chi connectivity index (χ1) is 14.4. The van der Waals surface area contributed by atoms with Crippen LogP contribution in [0.2, 0.25) is 5.15 Å². The molecule has 158 valence electrons. The quantitative estimate of drug-likeness (QED) is 0.520. The predicted molar refractivity (Wildman–Crippen MR) is 120 cm³/mol. The van der Waals surface area contributed by atoms with Gasteiger partial charge in [0.2, 0.25) is 5.91 Å². The lowest BCUT2D eigenvalue weighted by molar-refractivity contribution is -0.123. The van der Waals surface area contributed by atoms with Crippen molar-refractivity contribution in [1.29, 1.82) is 0 Å². The number of hydrogen-bond acceptors (Lipinski definition) is 5. The zero-order chi connectivity index (χ0) is 21.3. The normalized spacial score (nSPS) is 20.4. The van der Waals surface area contributed by atoms with Gasteiger partial charge in [0.15, 0.2) is 0 Å². The third-order valence-corrected chi connectivity index (χ3v) is 6.40. The Morgan fingerprint density at radius 3 is 2.83 bits per heavy atom. The Bertz CT molecular complexity index is 1040. The second-order valence-electron chi connectivity index (χ2n) is 8.06. The first-order valence-electron chi connectivity index (χ1n) is 10.3. The van der Waals surface area contributed by atoms with Gasteiger partial charge in [-0.3, -0.25) is 9.69 Å². The summed E-state index contributed by atoms with van der Waals surface area (Å²) < 4.78 is 0. The predicted octanol–water partition coefficient (Wildman–Crippen LogP) is 3.81. The van der Waals surface area contributed by atoms with Crippen molar-refractivity contribution in [1.82, 2.24) is 19.9 Å². The number of carbonyl (C=O) groups excluding carboxylic acids is 1.